The molecule has 5 heteroatoms. The maximum Gasteiger partial charge on any atom is 0.164 e. The fraction of sp³-hybridized carbons (Fsp3) is 0.196. The van der Waals surface area contributed by atoms with Crippen molar-refractivity contribution in [2.75, 3.05) is 0 Å². The molecule has 51 heavy (non-hydrogen) atoms. The maximum absolute atomic E-state index is 5.31. The Balaban J connectivity index is 1.46. The minimum Gasteiger partial charge on any atom is -0.228 e. The van der Waals surface area contributed by atoms with Crippen LogP contribution in [0.2, 0.25) is 0 Å². The molecule has 1 aliphatic rings. The second-order valence-corrected chi connectivity index (χ2v) is 15.1. The lowest BCUT2D eigenvalue weighted by Gasteiger charge is -2.44. The Morgan fingerprint density at radius 2 is 0.647 bits per heavy atom. The van der Waals surface area contributed by atoms with Crippen LogP contribution in [0.25, 0.3) is 68.1 Å². The molecular formula is C46H41N5. The van der Waals surface area contributed by atoms with E-state index in [4.69, 9.17) is 24.9 Å². The third kappa shape index (κ3) is 5.45. The average Bonchev–Trinajstić information content (AvgIpc) is 3.28. The zero-order chi connectivity index (χ0) is 35.4. The molecule has 0 aliphatic heterocycles. The lowest BCUT2D eigenvalue weighted by molar-refractivity contribution is 0.125. The number of nitrogens with zero attached hydrogens (tertiary/aromatic N) is 5. The molecule has 7 aromatic rings. The van der Waals surface area contributed by atoms with Crippen LogP contribution < -0.4 is 0 Å². The molecule has 0 saturated carbocycles. The molecule has 2 aromatic heterocycles. The lowest BCUT2D eigenvalue weighted by Crippen LogP contribution is -2.42. The summed E-state index contributed by atoms with van der Waals surface area (Å²) in [6.07, 6.45) is 0. The third-order valence-corrected chi connectivity index (χ3v) is 11.7. The van der Waals surface area contributed by atoms with Crippen LogP contribution in [0.15, 0.2) is 140 Å². The smallest absolute Gasteiger partial charge is 0.164 e. The predicted octanol–water partition coefficient (Wildman–Crippen LogP) is 11.3. The lowest BCUT2D eigenvalue weighted by atomic mass is 9.59. The number of rotatable bonds is 6. The van der Waals surface area contributed by atoms with Crippen LogP contribution in [0.3, 0.4) is 0 Å². The Labute approximate surface area is 300 Å². The summed E-state index contributed by atoms with van der Waals surface area (Å²) in [4.78, 5) is 26.1. The Morgan fingerprint density at radius 1 is 0.333 bits per heavy atom. The molecule has 0 spiro atoms. The summed E-state index contributed by atoms with van der Waals surface area (Å²) in [5.41, 5.74) is 9.68. The first kappa shape index (κ1) is 32.4. The van der Waals surface area contributed by atoms with Gasteiger partial charge in [-0.2, -0.15) is 0 Å². The standard InChI is InChI=1S/C46H41N5/c1-44(2)36-27-34(42-47-38(30-19-11-7-12-20-30)29-39(48-42)31-21-13-8-14-22-31)35(28-37(36)45(3,4)46(44,5)6)43-50-40(32-23-15-9-16-24-32)49-41(51-43)33-25-17-10-18-26-33/h7-29H,1-6H3. The van der Waals surface area contributed by atoms with E-state index < -0.39 is 0 Å². The van der Waals surface area contributed by atoms with Gasteiger partial charge in [0.1, 0.15) is 0 Å². The van der Waals surface area contributed by atoms with Crippen LogP contribution >= 0.6 is 0 Å². The molecule has 5 aromatic carbocycles. The van der Waals surface area contributed by atoms with E-state index in [9.17, 15) is 0 Å². The monoisotopic (exact) mass is 663 g/mol. The van der Waals surface area contributed by atoms with Crippen molar-refractivity contribution in [3.05, 3.63) is 151 Å². The van der Waals surface area contributed by atoms with E-state index in [1.165, 1.54) is 11.1 Å². The van der Waals surface area contributed by atoms with Gasteiger partial charge < -0.3 is 0 Å². The van der Waals surface area contributed by atoms with Crippen molar-refractivity contribution in [2.24, 2.45) is 5.41 Å². The summed E-state index contributed by atoms with van der Waals surface area (Å²) < 4.78 is 0. The average molecular weight is 664 g/mol. The van der Waals surface area contributed by atoms with Crippen LogP contribution in [0.5, 0.6) is 0 Å². The highest BCUT2D eigenvalue weighted by atomic mass is 15.0. The van der Waals surface area contributed by atoms with E-state index in [-0.39, 0.29) is 16.2 Å². The van der Waals surface area contributed by atoms with Crippen LogP contribution in [0.1, 0.15) is 52.7 Å². The molecule has 1 aliphatic carbocycles. The molecule has 0 unspecified atom stereocenters. The fourth-order valence-corrected chi connectivity index (χ4v) is 7.47. The minimum atomic E-state index is -0.140. The van der Waals surface area contributed by atoms with E-state index >= 15 is 0 Å². The van der Waals surface area contributed by atoms with Gasteiger partial charge >= 0.3 is 0 Å². The van der Waals surface area contributed by atoms with Gasteiger partial charge in [0.2, 0.25) is 0 Å². The SMILES string of the molecule is CC1(C)c2cc(-c3nc(-c4ccccc4)cc(-c4ccccc4)n3)c(-c3nc(-c4ccccc4)nc(-c4ccccc4)n3)cc2C(C)(C)C1(C)C. The van der Waals surface area contributed by atoms with E-state index in [0.717, 1.165) is 44.8 Å². The van der Waals surface area contributed by atoms with Gasteiger partial charge in [-0.1, -0.05) is 163 Å². The number of hydrogen-bond acceptors (Lipinski definition) is 5. The Bertz CT molecular complexity index is 2080. The summed E-state index contributed by atoms with van der Waals surface area (Å²) in [5.74, 6) is 2.47. The molecule has 0 radical (unpaired) electrons. The Kier molecular flexibility index (Phi) is 7.75. The van der Waals surface area contributed by atoms with Crippen LogP contribution in [-0.2, 0) is 10.8 Å². The van der Waals surface area contributed by atoms with Crippen molar-refractivity contribution in [3.8, 4) is 68.1 Å². The highest BCUT2D eigenvalue weighted by Crippen LogP contribution is 2.62. The molecule has 0 saturated heterocycles. The molecule has 5 nitrogen and oxygen atoms in total. The summed E-state index contributed by atoms with van der Waals surface area (Å²) in [6, 6.07) is 47.7. The molecule has 250 valence electrons. The predicted molar refractivity (Wildman–Crippen MR) is 208 cm³/mol. The van der Waals surface area contributed by atoms with Gasteiger partial charge in [-0.15, -0.1) is 0 Å². The Morgan fingerprint density at radius 3 is 1.02 bits per heavy atom. The van der Waals surface area contributed by atoms with Gasteiger partial charge in [-0.3, -0.25) is 0 Å². The zero-order valence-corrected chi connectivity index (χ0v) is 30.0. The molecule has 0 bridgehead atoms. The van der Waals surface area contributed by atoms with E-state index in [1.807, 2.05) is 97.1 Å². The second kappa shape index (κ2) is 12.2. The molecule has 0 fully saturated rings. The molecular weight excluding hydrogens is 623 g/mol. The first-order valence-electron chi connectivity index (χ1n) is 17.6. The zero-order valence-electron chi connectivity index (χ0n) is 30.0. The molecule has 2 heterocycles. The molecule has 0 amide bonds. The van der Waals surface area contributed by atoms with Crippen LogP contribution in [0, 0.1) is 5.41 Å². The van der Waals surface area contributed by atoms with Gasteiger partial charge in [0.05, 0.1) is 11.4 Å². The van der Waals surface area contributed by atoms with Gasteiger partial charge in [0.25, 0.3) is 0 Å². The highest BCUT2D eigenvalue weighted by Gasteiger charge is 2.57. The highest BCUT2D eigenvalue weighted by molar-refractivity contribution is 5.83. The summed E-state index contributed by atoms with van der Waals surface area (Å²) in [5, 5.41) is 0. The van der Waals surface area contributed by atoms with Crippen molar-refractivity contribution in [3.63, 3.8) is 0 Å². The van der Waals surface area contributed by atoms with Crippen LogP contribution in [-0.4, -0.2) is 24.9 Å². The number of aromatic nitrogens is 5. The van der Waals surface area contributed by atoms with Gasteiger partial charge in [0, 0.05) is 33.4 Å². The third-order valence-electron chi connectivity index (χ3n) is 11.7. The topological polar surface area (TPSA) is 64.5 Å². The van der Waals surface area contributed by atoms with Crippen molar-refractivity contribution >= 4 is 0 Å². The summed E-state index contributed by atoms with van der Waals surface area (Å²) in [7, 11) is 0. The fourth-order valence-electron chi connectivity index (χ4n) is 7.47. The normalized spacial score (nSPS) is 15.3. The van der Waals surface area contributed by atoms with Crippen molar-refractivity contribution in [1.29, 1.82) is 0 Å². The summed E-state index contributed by atoms with van der Waals surface area (Å²) in [6.45, 7) is 14.2. The van der Waals surface area contributed by atoms with Crippen LogP contribution in [0.4, 0.5) is 0 Å². The van der Waals surface area contributed by atoms with Crippen molar-refractivity contribution in [2.45, 2.75) is 52.4 Å². The van der Waals surface area contributed by atoms with E-state index in [1.54, 1.807) is 0 Å². The molecule has 8 rings (SSSR count). The van der Waals surface area contributed by atoms with Gasteiger partial charge in [-0.05, 0) is 45.6 Å². The Hall–Kier alpha value is -5.81. The quantitative estimate of drug-likeness (QED) is 0.177. The number of benzene rings is 5. The minimum absolute atomic E-state index is 0.0519. The number of hydrogen-bond donors (Lipinski definition) is 0. The molecule has 0 N–H and O–H groups in total. The van der Waals surface area contributed by atoms with Crippen molar-refractivity contribution in [1.82, 2.24) is 24.9 Å². The maximum atomic E-state index is 5.31. The van der Waals surface area contributed by atoms with Gasteiger partial charge in [-0.25, -0.2) is 24.9 Å². The van der Waals surface area contributed by atoms with Gasteiger partial charge in [0.15, 0.2) is 23.3 Å². The first-order valence-corrected chi connectivity index (χ1v) is 17.6. The number of fused-ring (bicyclic) bond motifs is 1. The van der Waals surface area contributed by atoms with E-state index in [2.05, 4.69) is 84.0 Å². The first-order chi connectivity index (χ1) is 24.5. The summed E-state index contributed by atoms with van der Waals surface area (Å²) >= 11 is 0. The second-order valence-electron chi connectivity index (χ2n) is 15.1. The van der Waals surface area contributed by atoms with Crippen molar-refractivity contribution < 1.29 is 0 Å². The molecule has 0 atom stereocenters. The largest absolute Gasteiger partial charge is 0.228 e. The van der Waals surface area contributed by atoms with E-state index in [0.29, 0.717) is 23.3 Å².